The van der Waals surface area contributed by atoms with Gasteiger partial charge in [0.1, 0.15) is 24.2 Å². The van der Waals surface area contributed by atoms with Crippen molar-refractivity contribution in [1.82, 2.24) is 19.4 Å². The van der Waals surface area contributed by atoms with E-state index in [9.17, 15) is 14.7 Å². The van der Waals surface area contributed by atoms with Gasteiger partial charge in [-0.1, -0.05) is 13.8 Å². The molecule has 1 aliphatic heterocycles. The second kappa shape index (κ2) is 13.4. The van der Waals surface area contributed by atoms with E-state index >= 15 is 0 Å². The number of hydrogen-bond donors (Lipinski definition) is 2. The summed E-state index contributed by atoms with van der Waals surface area (Å²) in [5.74, 6) is 1.70. The predicted molar refractivity (Wildman–Crippen MR) is 153 cm³/mol. The van der Waals surface area contributed by atoms with Crippen molar-refractivity contribution < 1.29 is 24.1 Å². The molecule has 4 rings (SSSR count). The number of nitrogens with one attached hydrogen (secondary N) is 1. The third-order valence-corrected chi connectivity index (χ3v) is 7.15. The molecule has 0 bridgehead atoms. The van der Waals surface area contributed by atoms with E-state index in [0.29, 0.717) is 37.0 Å². The number of pyridine rings is 1. The van der Waals surface area contributed by atoms with Crippen LogP contribution in [0.5, 0.6) is 5.75 Å². The third-order valence-electron chi connectivity index (χ3n) is 7.15. The fourth-order valence-electron chi connectivity index (χ4n) is 4.96. The first-order chi connectivity index (χ1) is 19.1. The fourth-order valence-corrected chi connectivity index (χ4v) is 4.96. The Kier molecular flexibility index (Phi) is 9.99. The molecule has 2 atom stereocenters. The number of imidazole rings is 1. The fraction of sp³-hybridized carbons (Fsp3) is 0.567. The van der Waals surface area contributed by atoms with Crippen molar-refractivity contribution in [3.8, 4) is 17.1 Å². The Labute approximate surface area is 235 Å². The number of aromatic nitrogens is 3. The summed E-state index contributed by atoms with van der Waals surface area (Å²) < 4.78 is 20.7. The van der Waals surface area contributed by atoms with Gasteiger partial charge in [-0.25, -0.2) is 4.98 Å². The van der Waals surface area contributed by atoms with Crippen LogP contribution in [-0.4, -0.2) is 70.3 Å². The maximum atomic E-state index is 12.3. The van der Waals surface area contributed by atoms with Gasteiger partial charge in [-0.2, -0.15) is 0 Å². The topological polar surface area (TPSA) is 117 Å². The first-order valence-electron chi connectivity index (χ1n) is 14.1. The molecule has 0 aliphatic carbocycles. The lowest BCUT2D eigenvalue weighted by Gasteiger charge is -2.23. The molecule has 3 heterocycles. The molecule has 0 saturated carbocycles. The summed E-state index contributed by atoms with van der Waals surface area (Å²) in [6.07, 6.45) is 2.94. The number of rotatable bonds is 12. The lowest BCUT2D eigenvalue weighted by molar-refractivity contribution is -0.150. The summed E-state index contributed by atoms with van der Waals surface area (Å²) in [7, 11) is 1.76. The number of aliphatic hydroxyl groups excluding tert-OH is 1. The molecule has 3 aromatic rings. The predicted octanol–water partition coefficient (Wildman–Crippen LogP) is 3.05. The molecule has 0 unspecified atom stereocenters. The first kappa shape index (κ1) is 29.8. The van der Waals surface area contributed by atoms with Crippen LogP contribution in [0.4, 0.5) is 0 Å². The van der Waals surface area contributed by atoms with E-state index in [1.54, 1.807) is 18.5 Å². The van der Waals surface area contributed by atoms with Crippen LogP contribution in [0.1, 0.15) is 39.2 Å². The highest BCUT2D eigenvalue weighted by Crippen LogP contribution is 2.30. The van der Waals surface area contributed by atoms with Crippen molar-refractivity contribution in [1.29, 1.82) is 0 Å². The molecule has 1 fully saturated rings. The molecule has 0 radical (unpaired) electrons. The second-order valence-corrected chi connectivity index (χ2v) is 11.1. The smallest absolute Gasteiger partial charge is 0.325 e. The largest absolute Gasteiger partial charge is 0.492 e. The van der Waals surface area contributed by atoms with E-state index < -0.39 is 18.1 Å². The van der Waals surface area contributed by atoms with Gasteiger partial charge in [-0.15, -0.1) is 0 Å². The van der Waals surface area contributed by atoms with Gasteiger partial charge < -0.3 is 28.5 Å². The molecule has 10 nitrogen and oxygen atoms in total. The van der Waals surface area contributed by atoms with Crippen LogP contribution in [0.25, 0.3) is 22.4 Å². The number of carbonyl (C=O) groups excluding carboxylic acids is 1. The van der Waals surface area contributed by atoms with E-state index in [1.165, 1.54) is 0 Å². The zero-order valence-corrected chi connectivity index (χ0v) is 24.2. The molecular weight excluding hydrogens is 512 g/mol. The van der Waals surface area contributed by atoms with Crippen LogP contribution >= 0.6 is 0 Å². The molecule has 2 aromatic heterocycles. The second-order valence-electron chi connectivity index (χ2n) is 11.1. The number of esters is 1. The van der Waals surface area contributed by atoms with E-state index in [4.69, 9.17) is 19.2 Å². The molecular formula is C30H42N4O6. The molecule has 218 valence electrons. The average Bonchev–Trinajstić information content (AvgIpc) is 3.27. The monoisotopic (exact) mass is 554 g/mol. The lowest BCUT2D eigenvalue weighted by Crippen LogP contribution is -2.47. The van der Waals surface area contributed by atoms with Crippen molar-refractivity contribution in [2.24, 2.45) is 18.9 Å². The highest BCUT2D eigenvalue weighted by molar-refractivity contribution is 5.82. The van der Waals surface area contributed by atoms with Crippen molar-refractivity contribution in [2.45, 2.75) is 59.2 Å². The maximum Gasteiger partial charge on any atom is 0.325 e. The SMILES string of the molecule is Cc1cc(-c2nc3cc(OCCN[C@H](C(=O)OCC(C)C)[C@@H](C)O)ccc3n2CC2CCOCC2)cn(C)c1=O. The first-order valence-corrected chi connectivity index (χ1v) is 14.1. The van der Waals surface area contributed by atoms with Crippen LogP contribution < -0.4 is 15.6 Å². The summed E-state index contributed by atoms with van der Waals surface area (Å²) in [5, 5.41) is 13.1. The molecule has 1 saturated heterocycles. The van der Waals surface area contributed by atoms with E-state index in [0.717, 1.165) is 55.0 Å². The number of fused-ring (bicyclic) bond motifs is 1. The molecule has 10 heteroatoms. The average molecular weight is 555 g/mol. The van der Waals surface area contributed by atoms with Crippen LogP contribution in [0.2, 0.25) is 0 Å². The van der Waals surface area contributed by atoms with Gasteiger partial charge in [-0.05, 0) is 56.7 Å². The number of benzene rings is 1. The van der Waals surface area contributed by atoms with E-state index in [1.807, 2.05) is 51.2 Å². The quantitative estimate of drug-likeness (QED) is 0.259. The zero-order valence-electron chi connectivity index (χ0n) is 24.2. The summed E-state index contributed by atoms with van der Waals surface area (Å²) in [6.45, 7) is 10.6. The van der Waals surface area contributed by atoms with Crippen LogP contribution in [0.15, 0.2) is 35.3 Å². The number of aliphatic hydroxyl groups is 1. The third kappa shape index (κ3) is 7.30. The maximum absolute atomic E-state index is 12.3. The molecule has 2 N–H and O–H groups in total. The molecule has 1 aliphatic rings. The van der Waals surface area contributed by atoms with Gasteiger partial charge in [-0.3, -0.25) is 14.9 Å². The summed E-state index contributed by atoms with van der Waals surface area (Å²) in [5.41, 5.74) is 3.35. The van der Waals surface area contributed by atoms with Crippen LogP contribution in [0, 0.1) is 18.8 Å². The normalized spacial score (nSPS) is 15.9. The number of aryl methyl sites for hydroxylation is 2. The Balaban J connectivity index is 1.51. The van der Waals surface area contributed by atoms with Crippen molar-refractivity contribution in [3.63, 3.8) is 0 Å². The summed E-state index contributed by atoms with van der Waals surface area (Å²) in [4.78, 5) is 29.6. The summed E-state index contributed by atoms with van der Waals surface area (Å²) in [6, 6.07) is 6.93. The number of nitrogens with zero attached hydrogens (tertiary/aromatic N) is 3. The minimum atomic E-state index is -0.893. The standard InChI is InChI=1S/C30H42N4O6/c1-19(2)18-40-30(37)27(21(4)35)31-10-13-39-24-6-7-26-25(15-24)32-28(23-14-20(3)29(36)33(5)17-23)34(26)16-22-8-11-38-12-9-22/h6-7,14-15,17,19,21-22,27,31,35H,8-13,16,18H2,1-5H3/t21-,27+/m1/s1. The van der Waals surface area contributed by atoms with Gasteiger partial charge in [0.05, 0.1) is 23.7 Å². The van der Waals surface area contributed by atoms with Crippen molar-refractivity contribution >= 4 is 17.0 Å². The Bertz CT molecular complexity index is 1330. The molecule has 0 amide bonds. The minimum Gasteiger partial charge on any atom is -0.492 e. The van der Waals surface area contributed by atoms with Gasteiger partial charge in [0.2, 0.25) is 0 Å². The Morgan fingerprint density at radius 1 is 1.23 bits per heavy atom. The van der Waals surface area contributed by atoms with Crippen molar-refractivity contribution in [2.75, 3.05) is 33.0 Å². The van der Waals surface area contributed by atoms with Gasteiger partial charge in [0, 0.05) is 56.7 Å². The zero-order chi connectivity index (χ0) is 28.8. The van der Waals surface area contributed by atoms with E-state index in [-0.39, 0.29) is 11.5 Å². The van der Waals surface area contributed by atoms with E-state index in [2.05, 4.69) is 9.88 Å². The molecule has 0 spiro atoms. The number of ether oxygens (including phenoxy) is 3. The van der Waals surface area contributed by atoms with Gasteiger partial charge in [0.25, 0.3) is 5.56 Å². The molecule has 40 heavy (non-hydrogen) atoms. The highest BCUT2D eigenvalue weighted by atomic mass is 16.5. The Morgan fingerprint density at radius 3 is 2.65 bits per heavy atom. The Hall–Kier alpha value is -3.21. The highest BCUT2D eigenvalue weighted by Gasteiger charge is 2.25. The lowest BCUT2D eigenvalue weighted by atomic mass is 10.00. The minimum absolute atomic E-state index is 0.0221. The summed E-state index contributed by atoms with van der Waals surface area (Å²) >= 11 is 0. The van der Waals surface area contributed by atoms with Gasteiger partial charge >= 0.3 is 5.97 Å². The molecule has 1 aromatic carbocycles. The van der Waals surface area contributed by atoms with Crippen molar-refractivity contribution in [3.05, 3.63) is 46.4 Å². The van der Waals surface area contributed by atoms with Crippen LogP contribution in [0.3, 0.4) is 0 Å². The van der Waals surface area contributed by atoms with Crippen LogP contribution in [-0.2, 0) is 27.9 Å². The number of carbonyl (C=O) groups is 1. The van der Waals surface area contributed by atoms with Gasteiger partial charge in [0.15, 0.2) is 0 Å². The Morgan fingerprint density at radius 2 is 1.98 bits per heavy atom. The number of hydrogen-bond acceptors (Lipinski definition) is 8.